The number of nitrogens with one attached hydrogen (secondary N) is 1. The second-order valence-electron chi connectivity index (χ2n) is 7.57. The van der Waals surface area contributed by atoms with E-state index in [1.54, 1.807) is 72.0 Å². The summed E-state index contributed by atoms with van der Waals surface area (Å²) in [4.78, 5) is 12.7. The van der Waals surface area contributed by atoms with Crippen LogP contribution in [0.2, 0.25) is 0 Å². The van der Waals surface area contributed by atoms with E-state index in [1.165, 1.54) is 6.08 Å². The molecule has 0 heterocycles. The molecular weight excluding hydrogens is 460 g/mol. The van der Waals surface area contributed by atoms with Crippen LogP contribution in [-0.2, 0) is 4.79 Å². The van der Waals surface area contributed by atoms with Gasteiger partial charge in [0.2, 0.25) is 11.7 Å². The van der Waals surface area contributed by atoms with Gasteiger partial charge in [-0.1, -0.05) is 18.2 Å². The lowest BCUT2D eigenvalue weighted by atomic mass is 10.1. The fourth-order valence-electron chi connectivity index (χ4n) is 3.48. The number of benzene rings is 3. The van der Waals surface area contributed by atoms with Crippen molar-refractivity contribution in [1.29, 1.82) is 0 Å². The molecule has 0 atom stereocenters. The second-order valence-corrected chi connectivity index (χ2v) is 7.57. The molecule has 0 unspecified atom stereocenters. The molecule has 1 amide bonds. The maximum absolute atomic E-state index is 12.7. The second kappa shape index (κ2) is 12.2. The highest BCUT2D eigenvalue weighted by molar-refractivity contribution is 6.03. The van der Waals surface area contributed by atoms with Gasteiger partial charge in [0.05, 0.1) is 41.2 Å². The molecular formula is C28H30N2O6. The quantitative estimate of drug-likeness (QED) is 0.231. The first kappa shape index (κ1) is 26.0. The Morgan fingerprint density at radius 3 is 2.00 bits per heavy atom. The summed E-state index contributed by atoms with van der Waals surface area (Å²) in [5.41, 5.74) is 9.35. The molecule has 0 fully saturated rings. The van der Waals surface area contributed by atoms with Gasteiger partial charge in [0.15, 0.2) is 11.5 Å². The topological polar surface area (TPSA) is 101 Å². The van der Waals surface area contributed by atoms with Crippen molar-refractivity contribution in [2.75, 3.05) is 46.6 Å². The first-order valence-corrected chi connectivity index (χ1v) is 11.0. The van der Waals surface area contributed by atoms with Crippen molar-refractivity contribution in [2.24, 2.45) is 0 Å². The van der Waals surface area contributed by atoms with Gasteiger partial charge < -0.3 is 34.7 Å². The lowest BCUT2D eigenvalue weighted by Gasteiger charge is -2.13. The third-order valence-corrected chi connectivity index (χ3v) is 5.34. The molecule has 8 heteroatoms. The van der Waals surface area contributed by atoms with E-state index < -0.39 is 0 Å². The van der Waals surface area contributed by atoms with Crippen molar-refractivity contribution in [3.05, 3.63) is 71.3 Å². The van der Waals surface area contributed by atoms with Crippen LogP contribution in [-0.4, -0.2) is 41.5 Å². The van der Waals surface area contributed by atoms with E-state index in [0.717, 1.165) is 16.7 Å². The predicted octanol–water partition coefficient (Wildman–Crippen LogP) is 5.13. The van der Waals surface area contributed by atoms with E-state index in [4.69, 9.17) is 29.4 Å². The number of hydrogen-bond donors (Lipinski definition) is 2. The van der Waals surface area contributed by atoms with Crippen LogP contribution in [0.1, 0.15) is 16.7 Å². The van der Waals surface area contributed by atoms with Crippen LogP contribution in [0.4, 0.5) is 11.4 Å². The van der Waals surface area contributed by atoms with Gasteiger partial charge in [-0.25, -0.2) is 0 Å². The number of amides is 1. The highest BCUT2D eigenvalue weighted by Crippen LogP contribution is 2.38. The summed E-state index contributed by atoms with van der Waals surface area (Å²) >= 11 is 0. The summed E-state index contributed by atoms with van der Waals surface area (Å²) in [7, 11) is 7.81. The minimum atomic E-state index is -0.293. The summed E-state index contributed by atoms with van der Waals surface area (Å²) in [5.74, 6) is 2.50. The number of carbonyl (C=O) groups excluding carboxylic acids is 1. The van der Waals surface area contributed by atoms with E-state index >= 15 is 0 Å². The SMILES string of the molecule is COc1ccc(NC(=O)/C=C/c2ccc(N)c(OC)c2)c(/C=C/c2cc(OC)c(OC)c(OC)c2)c1. The van der Waals surface area contributed by atoms with Gasteiger partial charge in [0.1, 0.15) is 11.5 Å². The maximum Gasteiger partial charge on any atom is 0.248 e. The van der Waals surface area contributed by atoms with Crippen LogP contribution in [0, 0.1) is 0 Å². The Morgan fingerprint density at radius 2 is 1.39 bits per heavy atom. The number of nitrogen functional groups attached to an aromatic ring is 1. The molecule has 0 saturated carbocycles. The number of carbonyl (C=O) groups is 1. The largest absolute Gasteiger partial charge is 0.497 e. The zero-order chi connectivity index (χ0) is 26.1. The van der Waals surface area contributed by atoms with Crippen LogP contribution in [0.25, 0.3) is 18.2 Å². The smallest absolute Gasteiger partial charge is 0.248 e. The molecule has 3 aromatic carbocycles. The molecule has 0 aromatic heterocycles. The average Bonchev–Trinajstić information content (AvgIpc) is 2.91. The molecule has 0 saturated heterocycles. The van der Waals surface area contributed by atoms with E-state index in [-0.39, 0.29) is 5.91 Å². The molecule has 0 aliphatic carbocycles. The minimum Gasteiger partial charge on any atom is -0.497 e. The van der Waals surface area contributed by atoms with Crippen LogP contribution >= 0.6 is 0 Å². The van der Waals surface area contributed by atoms with Crippen LogP contribution < -0.4 is 34.7 Å². The third kappa shape index (κ3) is 6.29. The molecule has 0 aliphatic heterocycles. The Labute approximate surface area is 210 Å². The number of rotatable bonds is 10. The lowest BCUT2D eigenvalue weighted by Crippen LogP contribution is -2.09. The molecule has 0 aliphatic rings. The van der Waals surface area contributed by atoms with Gasteiger partial charge in [-0.2, -0.15) is 0 Å². The zero-order valence-corrected chi connectivity index (χ0v) is 21.0. The number of ether oxygens (including phenoxy) is 5. The molecule has 0 spiro atoms. The number of anilines is 2. The van der Waals surface area contributed by atoms with Gasteiger partial charge in [-0.3, -0.25) is 4.79 Å². The zero-order valence-electron chi connectivity index (χ0n) is 21.0. The molecule has 0 bridgehead atoms. The first-order chi connectivity index (χ1) is 17.4. The standard InChI is InChI=1S/C28H30N2O6/c1-32-21-10-12-23(30-27(31)13-8-18-7-11-22(29)24(14-18)33-2)20(17-21)9-6-19-15-25(34-3)28(36-5)26(16-19)35-4/h6-17H,29H2,1-5H3,(H,30,31)/b9-6+,13-8+. The predicted molar refractivity (Wildman–Crippen MR) is 143 cm³/mol. The summed E-state index contributed by atoms with van der Waals surface area (Å²) in [6.07, 6.45) is 6.88. The fraction of sp³-hybridized carbons (Fsp3) is 0.179. The number of hydrogen-bond acceptors (Lipinski definition) is 7. The molecule has 3 rings (SSSR count). The molecule has 8 nitrogen and oxygen atoms in total. The van der Waals surface area contributed by atoms with E-state index in [9.17, 15) is 4.79 Å². The average molecular weight is 491 g/mol. The Morgan fingerprint density at radius 1 is 0.722 bits per heavy atom. The van der Waals surface area contributed by atoms with Crippen LogP contribution in [0.15, 0.2) is 54.6 Å². The maximum atomic E-state index is 12.7. The Balaban J connectivity index is 1.86. The fourth-order valence-corrected chi connectivity index (χ4v) is 3.48. The van der Waals surface area contributed by atoms with Crippen molar-refractivity contribution in [3.8, 4) is 28.7 Å². The first-order valence-electron chi connectivity index (χ1n) is 11.0. The van der Waals surface area contributed by atoms with E-state index in [1.807, 2.05) is 30.4 Å². The Hall–Kier alpha value is -4.59. The van der Waals surface area contributed by atoms with Crippen molar-refractivity contribution < 1.29 is 28.5 Å². The van der Waals surface area contributed by atoms with Crippen molar-refractivity contribution >= 4 is 35.5 Å². The number of nitrogens with two attached hydrogens (primary N) is 1. The highest BCUT2D eigenvalue weighted by Gasteiger charge is 2.12. The minimum absolute atomic E-state index is 0.293. The highest BCUT2D eigenvalue weighted by atomic mass is 16.5. The van der Waals surface area contributed by atoms with Gasteiger partial charge in [-0.05, 0) is 59.7 Å². The molecule has 3 N–H and O–H groups in total. The molecule has 188 valence electrons. The Kier molecular flexibility index (Phi) is 8.83. The van der Waals surface area contributed by atoms with Gasteiger partial charge in [-0.15, -0.1) is 0 Å². The normalized spacial score (nSPS) is 10.9. The molecule has 3 aromatic rings. The van der Waals surface area contributed by atoms with Crippen molar-refractivity contribution in [1.82, 2.24) is 0 Å². The Bertz CT molecular complexity index is 1260. The van der Waals surface area contributed by atoms with E-state index in [2.05, 4.69) is 5.32 Å². The van der Waals surface area contributed by atoms with Gasteiger partial charge in [0, 0.05) is 17.3 Å². The molecule has 0 radical (unpaired) electrons. The summed E-state index contributed by atoms with van der Waals surface area (Å²) < 4.78 is 26.8. The summed E-state index contributed by atoms with van der Waals surface area (Å²) in [5, 5.41) is 2.91. The number of methoxy groups -OCH3 is 5. The van der Waals surface area contributed by atoms with Crippen molar-refractivity contribution in [2.45, 2.75) is 0 Å². The monoisotopic (exact) mass is 490 g/mol. The van der Waals surface area contributed by atoms with Crippen LogP contribution in [0.3, 0.4) is 0 Å². The summed E-state index contributed by atoms with van der Waals surface area (Å²) in [6.45, 7) is 0. The third-order valence-electron chi connectivity index (χ3n) is 5.34. The molecule has 36 heavy (non-hydrogen) atoms. The van der Waals surface area contributed by atoms with Crippen molar-refractivity contribution in [3.63, 3.8) is 0 Å². The van der Waals surface area contributed by atoms with Crippen LogP contribution in [0.5, 0.6) is 28.7 Å². The van der Waals surface area contributed by atoms with Gasteiger partial charge in [0.25, 0.3) is 0 Å². The summed E-state index contributed by atoms with van der Waals surface area (Å²) in [6, 6.07) is 14.4. The van der Waals surface area contributed by atoms with E-state index in [0.29, 0.717) is 40.1 Å². The lowest BCUT2D eigenvalue weighted by molar-refractivity contribution is -0.111. The van der Waals surface area contributed by atoms with Gasteiger partial charge >= 0.3 is 0 Å².